The van der Waals surface area contributed by atoms with Crippen LogP contribution in [0.25, 0.3) is 5.69 Å². The Labute approximate surface area is 161 Å². The van der Waals surface area contributed by atoms with Gasteiger partial charge in [-0.05, 0) is 30.4 Å². The molecule has 0 radical (unpaired) electrons. The fourth-order valence-corrected chi connectivity index (χ4v) is 3.30. The van der Waals surface area contributed by atoms with E-state index in [1.54, 1.807) is 4.98 Å². The standard InChI is InChI=1S/C14H7ClF6N4O2S/c15-5-2-1-3-6(4-5)25-8-7(9(26)23-11(25)28)12(13(16,17)18,14(19,20)21)24-10(27)22-8/h1-4H,(H2,22,24,27)(H,23,26,28). The lowest BCUT2D eigenvalue weighted by atomic mass is 9.87. The third-order valence-electron chi connectivity index (χ3n) is 3.94. The highest BCUT2D eigenvalue weighted by Gasteiger charge is 2.76. The number of carbonyl (C=O) groups excluding carboxylic acids is 1. The molecular weight excluding hydrogens is 438 g/mol. The SMILES string of the molecule is O=C1Nc2c(c(=O)[nH]c(=S)n2-c2cccc(Cl)c2)C(C(F)(F)F)(C(F)(F)F)N1. The minimum Gasteiger partial charge on any atom is -0.312 e. The summed E-state index contributed by atoms with van der Waals surface area (Å²) in [6.07, 6.45) is -12.2. The normalized spacial score (nSPS) is 16.2. The number of hydrogen-bond donors (Lipinski definition) is 3. The van der Waals surface area contributed by atoms with E-state index in [1.807, 2.05) is 5.32 Å². The van der Waals surface area contributed by atoms with Gasteiger partial charge in [0.1, 0.15) is 11.4 Å². The number of alkyl halides is 6. The summed E-state index contributed by atoms with van der Waals surface area (Å²) in [5.74, 6) is -1.07. The van der Waals surface area contributed by atoms with Crippen LogP contribution in [0.3, 0.4) is 0 Å². The van der Waals surface area contributed by atoms with Crippen LogP contribution >= 0.6 is 23.8 Å². The summed E-state index contributed by atoms with van der Waals surface area (Å²) >= 11 is 10.7. The average molecular weight is 445 g/mol. The van der Waals surface area contributed by atoms with Crippen LogP contribution in [-0.4, -0.2) is 27.9 Å². The molecule has 2 amide bonds. The highest BCUT2D eigenvalue weighted by Crippen LogP contribution is 2.52. The predicted molar refractivity (Wildman–Crippen MR) is 88.2 cm³/mol. The number of rotatable bonds is 1. The summed E-state index contributed by atoms with van der Waals surface area (Å²) < 4.78 is 82.0. The van der Waals surface area contributed by atoms with Gasteiger partial charge in [-0.1, -0.05) is 17.7 Å². The Morgan fingerprint density at radius 3 is 2.21 bits per heavy atom. The highest BCUT2D eigenvalue weighted by atomic mass is 35.5. The lowest BCUT2D eigenvalue weighted by molar-refractivity contribution is -0.310. The number of benzene rings is 1. The van der Waals surface area contributed by atoms with Crippen molar-refractivity contribution in [3.63, 3.8) is 0 Å². The molecule has 3 N–H and O–H groups in total. The first-order valence-corrected chi connectivity index (χ1v) is 7.96. The van der Waals surface area contributed by atoms with Gasteiger partial charge in [0.2, 0.25) is 0 Å². The Bertz CT molecular complexity index is 1080. The van der Waals surface area contributed by atoms with E-state index in [-0.39, 0.29) is 10.7 Å². The van der Waals surface area contributed by atoms with Crippen molar-refractivity contribution in [3.8, 4) is 5.69 Å². The number of nitrogens with zero attached hydrogens (tertiary/aromatic N) is 1. The molecule has 1 aliphatic heterocycles. The molecule has 1 aliphatic rings. The highest BCUT2D eigenvalue weighted by molar-refractivity contribution is 7.71. The van der Waals surface area contributed by atoms with Crippen molar-refractivity contribution in [1.82, 2.24) is 14.9 Å². The number of H-pyrrole nitrogens is 1. The molecule has 28 heavy (non-hydrogen) atoms. The summed E-state index contributed by atoms with van der Waals surface area (Å²) in [4.78, 5) is 25.8. The zero-order valence-corrected chi connectivity index (χ0v) is 14.7. The summed E-state index contributed by atoms with van der Waals surface area (Å²) in [6.45, 7) is 0. The fraction of sp³-hybridized carbons (Fsp3) is 0.214. The van der Waals surface area contributed by atoms with Gasteiger partial charge in [-0.3, -0.25) is 19.7 Å². The van der Waals surface area contributed by atoms with Crippen molar-refractivity contribution in [3.05, 3.63) is 50.0 Å². The van der Waals surface area contributed by atoms with Gasteiger partial charge in [0, 0.05) is 5.02 Å². The number of aromatic amines is 1. The van der Waals surface area contributed by atoms with Crippen molar-refractivity contribution in [2.24, 2.45) is 0 Å². The quantitative estimate of drug-likeness (QED) is 0.459. The summed E-state index contributed by atoms with van der Waals surface area (Å²) in [6, 6.07) is 3.35. The van der Waals surface area contributed by atoms with Gasteiger partial charge in [0.25, 0.3) is 11.1 Å². The zero-order chi connectivity index (χ0) is 21.1. The maximum absolute atomic E-state index is 13.7. The van der Waals surface area contributed by atoms with Gasteiger partial charge in [-0.25, -0.2) is 4.79 Å². The van der Waals surface area contributed by atoms with Crippen LogP contribution in [-0.2, 0) is 5.54 Å². The summed E-state index contributed by atoms with van der Waals surface area (Å²) in [7, 11) is 0. The average Bonchev–Trinajstić information content (AvgIpc) is 2.51. The second-order valence-electron chi connectivity index (χ2n) is 5.62. The van der Waals surface area contributed by atoms with E-state index in [1.165, 1.54) is 24.3 Å². The van der Waals surface area contributed by atoms with Gasteiger partial charge in [0.05, 0.1) is 5.69 Å². The van der Waals surface area contributed by atoms with Crippen molar-refractivity contribution in [1.29, 1.82) is 0 Å². The monoisotopic (exact) mass is 444 g/mol. The first-order chi connectivity index (χ1) is 12.8. The van der Waals surface area contributed by atoms with Crippen LogP contribution < -0.4 is 16.2 Å². The lowest BCUT2D eigenvalue weighted by Gasteiger charge is -2.41. The molecular formula is C14H7ClF6N4O2S. The predicted octanol–water partition coefficient (Wildman–Crippen LogP) is 4.00. The largest absolute Gasteiger partial charge is 0.425 e. The van der Waals surface area contributed by atoms with E-state index in [4.69, 9.17) is 23.8 Å². The van der Waals surface area contributed by atoms with E-state index in [0.29, 0.717) is 4.57 Å². The maximum atomic E-state index is 13.7. The van der Waals surface area contributed by atoms with Crippen LogP contribution in [0, 0.1) is 4.77 Å². The van der Waals surface area contributed by atoms with E-state index >= 15 is 0 Å². The molecule has 0 unspecified atom stereocenters. The number of fused-ring (bicyclic) bond motifs is 1. The van der Waals surface area contributed by atoms with Crippen molar-refractivity contribution < 1.29 is 31.1 Å². The molecule has 0 saturated carbocycles. The zero-order valence-electron chi connectivity index (χ0n) is 13.1. The van der Waals surface area contributed by atoms with E-state index in [9.17, 15) is 35.9 Å². The molecule has 0 aliphatic carbocycles. The van der Waals surface area contributed by atoms with Gasteiger partial charge < -0.3 is 5.32 Å². The molecule has 1 aromatic heterocycles. The van der Waals surface area contributed by atoms with Gasteiger partial charge in [-0.15, -0.1) is 0 Å². The Morgan fingerprint density at radius 2 is 1.68 bits per heavy atom. The molecule has 3 rings (SSSR count). The lowest BCUT2D eigenvalue weighted by Crippen LogP contribution is -2.69. The number of nitrogens with one attached hydrogen (secondary N) is 3. The van der Waals surface area contributed by atoms with Crippen LogP contribution in [0.1, 0.15) is 5.56 Å². The Kier molecular flexibility index (Phi) is 4.50. The van der Waals surface area contributed by atoms with Crippen LogP contribution in [0.15, 0.2) is 29.1 Å². The second-order valence-corrected chi connectivity index (χ2v) is 6.45. The van der Waals surface area contributed by atoms with Crippen LogP contribution in [0.5, 0.6) is 0 Å². The Balaban J connectivity index is 2.52. The number of anilines is 1. The number of halogens is 7. The molecule has 2 heterocycles. The topological polar surface area (TPSA) is 78.9 Å². The molecule has 6 nitrogen and oxygen atoms in total. The van der Waals surface area contributed by atoms with Crippen molar-refractivity contribution in [2.75, 3.05) is 5.32 Å². The maximum Gasteiger partial charge on any atom is 0.425 e. The Hall–Kier alpha value is -2.54. The minimum atomic E-state index is -6.10. The summed E-state index contributed by atoms with van der Waals surface area (Å²) in [5, 5.41) is 2.71. The van der Waals surface area contributed by atoms with Crippen LogP contribution in [0.2, 0.25) is 5.02 Å². The fourth-order valence-electron chi connectivity index (χ4n) is 2.82. The van der Waals surface area contributed by atoms with Gasteiger partial charge >= 0.3 is 18.4 Å². The van der Waals surface area contributed by atoms with Crippen molar-refractivity contribution in [2.45, 2.75) is 17.9 Å². The van der Waals surface area contributed by atoms with Crippen molar-refractivity contribution >= 4 is 35.7 Å². The molecule has 0 atom stereocenters. The van der Waals surface area contributed by atoms with E-state index in [2.05, 4.69) is 0 Å². The number of urea groups is 1. The second kappa shape index (κ2) is 6.24. The van der Waals surface area contributed by atoms with E-state index < -0.39 is 45.6 Å². The molecule has 1 aromatic carbocycles. The van der Waals surface area contributed by atoms with Gasteiger partial charge in [0.15, 0.2) is 4.77 Å². The van der Waals surface area contributed by atoms with E-state index in [0.717, 1.165) is 5.32 Å². The first-order valence-electron chi connectivity index (χ1n) is 7.18. The number of aromatic nitrogens is 2. The molecule has 14 heteroatoms. The molecule has 150 valence electrons. The molecule has 0 saturated heterocycles. The third-order valence-corrected chi connectivity index (χ3v) is 4.46. The molecule has 0 spiro atoms. The summed E-state index contributed by atoms with van der Waals surface area (Å²) in [5.41, 5.74) is -8.60. The minimum absolute atomic E-state index is 0.0783. The van der Waals surface area contributed by atoms with Gasteiger partial charge in [-0.2, -0.15) is 26.3 Å². The number of hydrogen-bond acceptors (Lipinski definition) is 3. The smallest absolute Gasteiger partial charge is 0.312 e. The van der Waals surface area contributed by atoms with Crippen LogP contribution in [0.4, 0.5) is 37.0 Å². The molecule has 2 aromatic rings. The molecule has 0 fully saturated rings. The number of carbonyl (C=O) groups is 1. The number of amides is 2. The first kappa shape index (κ1) is 20.2. The molecule has 0 bridgehead atoms. The third kappa shape index (κ3) is 2.85. The Morgan fingerprint density at radius 1 is 1.07 bits per heavy atom.